The van der Waals surface area contributed by atoms with E-state index in [4.69, 9.17) is 4.74 Å². The van der Waals surface area contributed by atoms with E-state index in [0.29, 0.717) is 12.5 Å². The number of piperidine rings is 1. The molecule has 1 aliphatic rings. The highest BCUT2D eigenvalue weighted by Gasteiger charge is 2.20. The number of rotatable bonds is 6. The third-order valence-corrected chi connectivity index (χ3v) is 2.37. The summed E-state index contributed by atoms with van der Waals surface area (Å²) in [6.07, 6.45) is 2.01. The van der Waals surface area contributed by atoms with Crippen LogP contribution in [-0.4, -0.2) is 38.3 Å². The fraction of sp³-hybridized carbons (Fsp3) is 0.909. The van der Waals surface area contributed by atoms with Crippen molar-refractivity contribution < 1.29 is 9.53 Å². The average molecular weight is 214 g/mol. The molecule has 1 saturated heterocycles. The maximum Gasteiger partial charge on any atom is 0.237 e. The minimum Gasteiger partial charge on any atom is -0.380 e. The lowest BCUT2D eigenvalue weighted by Crippen LogP contribution is -2.49. The van der Waals surface area contributed by atoms with Gasteiger partial charge in [-0.25, -0.2) is 0 Å². The van der Waals surface area contributed by atoms with Gasteiger partial charge >= 0.3 is 0 Å². The number of amides is 1. The van der Waals surface area contributed by atoms with Crippen LogP contribution in [0, 0.1) is 5.92 Å². The molecule has 0 aromatic rings. The molecule has 1 aliphatic heterocycles. The fourth-order valence-corrected chi connectivity index (χ4v) is 1.59. The van der Waals surface area contributed by atoms with Crippen LogP contribution in [0.5, 0.6) is 0 Å². The molecule has 4 nitrogen and oxygen atoms in total. The van der Waals surface area contributed by atoms with E-state index in [2.05, 4.69) is 24.5 Å². The second-order valence-corrected chi connectivity index (χ2v) is 4.41. The summed E-state index contributed by atoms with van der Waals surface area (Å²) in [6.45, 7) is 7.30. The van der Waals surface area contributed by atoms with Crippen LogP contribution in [0.4, 0.5) is 0 Å². The molecule has 0 bridgehead atoms. The van der Waals surface area contributed by atoms with Crippen LogP contribution >= 0.6 is 0 Å². The molecule has 0 saturated carbocycles. The van der Waals surface area contributed by atoms with Gasteiger partial charge in [0.05, 0.1) is 12.6 Å². The maximum atomic E-state index is 11.4. The van der Waals surface area contributed by atoms with Gasteiger partial charge in [0, 0.05) is 19.7 Å². The maximum absolute atomic E-state index is 11.4. The molecular formula is C11H22N2O2. The minimum absolute atomic E-state index is 0.0126. The molecule has 4 heteroatoms. The van der Waals surface area contributed by atoms with Gasteiger partial charge in [-0.2, -0.15) is 0 Å². The number of nitrogens with one attached hydrogen (secondary N) is 2. The molecular weight excluding hydrogens is 192 g/mol. The van der Waals surface area contributed by atoms with Crippen molar-refractivity contribution in [2.45, 2.75) is 32.7 Å². The van der Waals surface area contributed by atoms with Gasteiger partial charge in [0.15, 0.2) is 0 Å². The molecule has 0 aromatic carbocycles. The monoisotopic (exact) mass is 214 g/mol. The average Bonchev–Trinajstić information content (AvgIpc) is 2.20. The molecule has 88 valence electrons. The van der Waals surface area contributed by atoms with E-state index in [1.807, 2.05) is 0 Å². The Morgan fingerprint density at radius 1 is 1.60 bits per heavy atom. The van der Waals surface area contributed by atoms with E-state index in [1.165, 1.54) is 0 Å². The number of hydrogen-bond acceptors (Lipinski definition) is 3. The van der Waals surface area contributed by atoms with E-state index in [-0.39, 0.29) is 11.9 Å². The highest BCUT2D eigenvalue weighted by molar-refractivity contribution is 5.82. The molecule has 1 unspecified atom stereocenters. The predicted molar refractivity (Wildman–Crippen MR) is 59.7 cm³/mol. The number of carbonyl (C=O) groups is 1. The smallest absolute Gasteiger partial charge is 0.237 e. The zero-order valence-corrected chi connectivity index (χ0v) is 9.71. The second-order valence-electron chi connectivity index (χ2n) is 4.41. The third kappa shape index (κ3) is 5.14. The van der Waals surface area contributed by atoms with Crippen LogP contribution in [-0.2, 0) is 9.53 Å². The summed E-state index contributed by atoms with van der Waals surface area (Å²) in [7, 11) is 0. The van der Waals surface area contributed by atoms with Crippen LogP contribution in [0.25, 0.3) is 0 Å². The highest BCUT2D eigenvalue weighted by atomic mass is 16.5. The molecule has 1 heterocycles. The molecule has 1 rings (SSSR count). The standard InChI is InChI=1S/C11H22N2O2/c1-9(2)8-15-7-6-12-10-4-3-5-13-11(10)14/h9-10,12H,3-8H2,1-2H3,(H,13,14). The third-order valence-electron chi connectivity index (χ3n) is 2.37. The zero-order valence-electron chi connectivity index (χ0n) is 9.71. The summed E-state index contributed by atoms with van der Waals surface area (Å²) in [6, 6.07) is -0.0126. The Morgan fingerprint density at radius 2 is 2.40 bits per heavy atom. The first-order valence-corrected chi connectivity index (χ1v) is 5.79. The van der Waals surface area contributed by atoms with Gasteiger partial charge in [0.25, 0.3) is 0 Å². The first-order valence-electron chi connectivity index (χ1n) is 5.79. The topological polar surface area (TPSA) is 50.4 Å². The van der Waals surface area contributed by atoms with Crippen molar-refractivity contribution >= 4 is 5.91 Å². The van der Waals surface area contributed by atoms with Gasteiger partial charge < -0.3 is 15.4 Å². The zero-order chi connectivity index (χ0) is 11.1. The Kier molecular flexibility index (Phi) is 5.65. The number of carbonyl (C=O) groups excluding carboxylic acids is 1. The summed E-state index contributed by atoms with van der Waals surface area (Å²) in [5.41, 5.74) is 0. The molecule has 0 spiro atoms. The van der Waals surface area contributed by atoms with E-state index in [0.717, 1.165) is 32.5 Å². The van der Waals surface area contributed by atoms with Gasteiger partial charge in [-0.05, 0) is 18.8 Å². The Bertz CT molecular complexity index is 195. The lowest BCUT2D eigenvalue weighted by molar-refractivity contribution is -0.124. The summed E-state index contributed by atoms with van der Waals surface area (Å²) in [5.74, 6) is 0.702. The second kappa shape index (κ2) is 6.80. The van der Waals surface area contributed by atoms with Gasteiger partial charge in [-0.1, -0.05) is 13.8 Å². The van der Waals surface area contributed by atoms with Crippen molar-refractivity contribution in [1.29, 1.82) is 0 Å². The normalized spacial score (nSPS) is 21.8. The quantitative estimate of drug-likeness (QED) is 0.634. The summed E-state index contributed by atoms with van der Waals surface area (Å²) in [4.78, 5) is 11.4. The van der Waals surface area contributed by atoms with Crippen molar-refractivity contribution in [2.75, 3.05) is 26.3 Å². The Morgan fingerprint density at radius 3 is 3.07 bits per heavy atom. The molecule has 0 aliphatic carbocycles. The van der Waals surface area contributed by atoms with Crippen molar-refractivity contribution in [3.05, 3.63) is 0 Å². The summed E-state index contributed by atoms with van der Waals surface area (Å²) in [5, 5.41) is 6.06. The van der Waals surface area contributed by atoms with E-state index < -0.39 is 0 Å². The fourth-order valence-electron chi connectivity index (χ4n) is 1.59. The van der Waals surface area contributed by atoms with Crippen molar-refractivity contribution in [2.24, 2.45) is 5.92 Å². The first-order chi connectivity index (χ1) is 7.20. The first kappa shape index (κ1) is 12.5. The lowest BCUT2D eigenvalue weighted by Gasteiger charge is -2.22. The van der Waals surface area contributed by atoms with Crippen LogP contribution in [0.1, 0.15) is 26.7 Å². The van der Waals surface area contributed by atoms with Crippen molar-refractivity contribution in [1.82, 2.24) is 10.6 Å². The number of ether oxygens (including phenoxy) is 1. The van der Waals surface area contributed by atoms with E-state index >= 15 is 0 Å². The molecule has 0 aromatic heterocycles. The SMILES string of the molecule is CC(C)COCCNC1CCCNC1=O. The Hall–Kier alpha value is -0.610. The molecule has 0 radical (unpaired) electrons. The predicted octanol–water partition coefficient (Wildman–Crippen LogP) is 0.527. The Labute approximate surface area is 91.8 Å². The van der Waals surface area contributed by atoms with E-state index in [1.54, 1.807) is 0 Å². The molecule has 1 fully saturated rings. The molecule has 1 atom stereocenters. The van der Waals surface area contributed by atoms with Crippen LogP contribution in [0.3, 0.4) is 0 Å². The van der Waals surface area contributed by atoms with Crippen molar-refractivity contribution in [3.63, 3.8) is 0 Å². The number of hydrogen-bond donors (Lipinski definition) is 2. The summed E-state index contributed by atoms with van der Waals surface area (Å²) < 4.78 is 5.43. The van der Waals surface area contributed by atoms with Crippen LogP contribution in [0.2, 0.25) is 0 Å². The molecule has 1 amide bonds. The van der Waals surface area contributed by atoms with Gasteiger partial charge in [0.2, 0.25) is 5.91 Å². The Balaban J connectivity index is 2.01. The molecule has 15 heavy (non-hydrogen) atoms. The van der Waals surface area contributed by atoms with Crippen molar-refractivity contribution in [3.8, 4) is 0 Å². The van der Waals surface area contributed by atoms with E-state index in [9.17, 15) is 4.79 Å². The molecule has 2 N–H and O–H groups in total. The van der Waals surface area contributed by atoms with Crippen LogP contribution in [0.15, 0.2) is 0 Å². The van der Waals surface area contributed by atoms with Crippen LogP contribution < -0.4 is 10.6 Å². The van der Waals surface area contributed by atoms with Gasteiger partial charge in [-0.3, -0.25) is 4.79 Å². The summed E-state index contributed by atoms with van der Waals surface area (Å²) >= 11 is 0. The highest BCUT2D eigenvalue weighted by Crippen LogP contribution is 2.02. The van der Waals surface area contributed by atoms with Gasteiger partial charge in [0.1, 0.15) is 0 Å². The van der Waals surface area contributed by atoms with Gasteiger partial charge in [-0.15, -0.1) is 0 Å². The largest absolute Gasteiger partial charge is 0.380 e. The lowest BCUT2D eigenvalue weighted by atomic mass is 10.1. The minimum atomic E-state index is -0.0126.